The fraction of sp³-hybridized carbons (Fsp3) is 0.867. The van der Waals surface area contributed by atoms with Crippen LogP contribution in [0.25, 0.3) is 0 Å². The van der Waals surface area contributed by atoms with Crippen LogP contribution in [0, 0.1) is 11.8 Å². The van der Waals surface area contributed by atoms with Crippen LogP contribution in [0.2, 0.25) is 0 Å². The predicted molar refractivity (Wildman–Crippen MR) is 92.6 cm³/mol. The lowest BCUT2D eigenvalue weighted by Gasteiger charge is -2.18. The van der Waals surface area contributed by atoms with Crippen LogP contribution in [0.1, 0.15) is 53.9 Å². The number of amides is 1. The van der Waals surface area contributed by atoms with Crippen LogP contribution in [-0.2, 0) is 9.59 Å². The van der Waals surface area contributed by atoms with Gasteiger partial charge in [0.15, 0.2) is 0 Å². The maximum absolute atomic E-state index is 11.9. The van der Waals surface area contributed by atoms with Crippen LogP contribution in [0.3, 0.4) is 0 Å². The van der Waals surface area contributed by atoms with Crippen molar-refractivity contribution >= 4 is 33.5 Å². The summed E-state index contributed by atoms with van der Waals surface area (Å²) < 4.78 is 0.210. The number of carbonyl (C=O) groups is 2. The van der Waals surface area contributed by atoms with Crippen molar-refractivity contribution in [3.05, 3.63) is 0 Å². The van der Waals surface area contributed by atoms with Gasteiger partial charge in [-0.15, -0.1) is 0 Å². The summed E-state index contributed by atoms with van der Waals surface area (Å²) in [6.45, 7) is 10.8. The van der Waals surface area contributed by atoms with Gasteiger partial charge in [0.05, 0.1) is 5.92 Å². The highest BCUT2D eigenvalue weighted by Gasteiger charge is 2.16. The van der Waals surface area contributed by atoms with Gasteiger partial charge in [0.25, 0.3) is 0 Å². The molecular formula is C15H29NO3S2. The number of carboxylic acids is 1. The highest BCUT2D eigenvalue weighted by Crippen LogP contribution is 2.35. The first kappa shape index (κ1) is 20.6. The smallest absolute Gasteiger partial charge is 0.306 e. The molecule has 21 heavy (non-hydrogen) atoms. The van der Waals surface area contributed by atoms with E-state index in [1.807, 2.05) is 6.92 Å². The van der Waals surface area contributed by atoms with Crippen LogP contribution in [0.15, 0.2) is 0 Å². The number of hydrogen-bond acceptors (Lipinski definition) is 4. The predicted octanol–water partition coefficient (Wildman–Crippen LogP) is 3.81. The number of carboxylic acid groups (broad SMARTS) is 1. The molecule has 0 heterocycles. The summed E-state index contributed by atoms with van der Waals surface area (Å²) in [4.78, 5) is 22.5. The molecule has 0 spiro atoms. The Bertz CT molecular complexity index is 329. The second-order valence-electron chi connectivity index (χ2n) is 6.41. The third-order valence-electron chi connectivity index (χ3n) is 2.86. The third-order valence-corrected chi connectivity index (χ3v) is 6.38. The molecule has 4 nitrogen and oxygen atoms in total. The van der Waals surface area contributed by atoms with Crippen molar-refractivity contribution in [1.29, 1.82) is 0 Å². The van der Waals surface area contributed by atoms with Gasteiger partial charge in [-0.3, -0.25) is 9.59 Å². The summed E-state index contributed by atoms with van der Waals surface area (Å²) in [6.07, 6.45) is 2.33. The highest BCUT2D eigenvalue weighted by atomic mass is 33.1. The lowest BCUT2D eigenvalue weighted by atomic mass is 10.0. The summed E-state index contributed by atoms with van der Waals surface area (Å²) in [5.41, 5.74) is 0. The van der Waals surface area contributed by atoms with E-state index < -0.39 is 5.97 Å². The van der Waals surface area contributed by atoms with Gasteiger partial charge in [-0.05, 0) is 12.8 Å². The second-order valence-corrected chi connectivity index (χ2v) is 9.57. The van der Waals surface area contributed by atoms with E-state index in [4.69, 9.17) is 5.11 Å². The largest absolute Gasteiger partial charge is 0.481 e. The van der Waals surface area contributed by atoms with Crippen LogP contribution in [0.5, 0.6) is 0 Å². The summed E-state index contributed by atoms with van der Waals surface area (Å²) in [5, 5.41) is 11.7. The molecule has 1 amide bonds. The zero-order valence-corrected chi connectivity index (χ0v) is 15.4. The maximum Gasteiger partial charge on any atom is 0.306 e. The number of rotatable bonds is 10. The van der Waals surface area contributed by atoms with Crippen molar-refractivity contribution in [2.75, 3.05) is 12.3 Å². The number of hydrogen-bond donors (Lipinski definition) is 2. The van der Waals surface area contributed by atoms with Crippen molar-refractivity contribution in [1.82, 2.24) is 5.32 Å². The lowest BCUT2D eigenvalue weighted by Crippen LogP contribution is -2.31. The van der Waals surface area contributed by atoms with Gasteiger partial charge in [0, 0.05) is 23.0 Å². The zero-order valence-electron chi connectivity index (χ0n) is 13.8. The fourth-order valence-corrected chi connectivity index (χ4v) is 4.13. The van der Waals surface area contributed by atoms with E-state index in [1.165, 1.54) is 0 Å². The average Bonchev–Trinajstić information content (AvgIpc) is 2.35. The van der Waals surface area contributed by atoms with E-state index in [9.17, 15) is 9.59 Å². The molecule has 0 bridgehead atoms. The van der Waals surface area contributed by atoms with Crippen LogP contribution in [-0.4, -0.2) is 34.0 Å². The fourth-order valence-electron chi connectivity index (χ4n) is 1.47. The molecule has 0 fully saturated rings. The normalized spacial score (nSPS) is 14.5. The molecule has 0 aliphatic carbocycles. The Morgan fingerprint density at radius 3 is 2.29 bits per heavy atom. The monoisotopic (exact) mass is 335 g/mol. The summed E-state index contributed by atoms with van der Waals surface area (Å²) in [7, 11) is 3.54. The molecule has 0 aromatic rings. The second kappa shape index (κ2) is 10.4. The van der Waals surface area contributed by atoms with Crippen molar-refractivity contribution in [3.63, 3.8) is 0 Å². The van der Waals surface area contributed by atoms with E-state index in [0.29, 0.717) is 13.0 Å². The molecule has 2 atom stereocenters. The van der Waals surface area contributed by atoms with E-state index in [-0.39, 0.29) is 22.5 Å². The van der Waals surface area contributed by atoms with Gasteiger partial charge in [0.1, 0.15) is 0 Å². The first-order chi connectivity index (χ1) is 9.63. The van der Waals surface area contributed by atoms with E-state index in [1.54, 1.807) is 28.5 Å². The summed E-state index contributed by atoms with van der Waals surface area (Å²) >= 11 is 0. The molecule has 0 rings (SSSR count). The molecule has 0 aromatic carbocycles. The molecule has 0 saturated carbocycles. The first-order valence-electron chi connectivity index (χ1n) is 7.44. The Morgan fingerprint density at radius 2 is 1.76 bits per heavy atom. The molecular weight excluding hydrogens is 306 g/mol. The molecule has 2 N–H and O–H groups in total. The van der Waals surface area contributed by atoms with Gasteiger partial charge in [-0.1, -0.05) is 62.6 Å². The van der Waals surface area contributed by atoms with Gasteiger partial charge in [0.2, 0.25) is 5.91 Å². The van der Waals surface area contributed by atoms with Crippen molar-refractivity contribution in [2.24, 2.45) is 11.8 Å². The van der Waals surface area contributed by atoms with Crippen LogP contribution < -0.4 is 5.32 Å². The third kappa shape index (κ3) is 11.9. The lowest BCUT2D eigenvalue weighted by molar-refractivity contribution is -0.141. The maximum atomic E-state index is 11.9. The first-order valence-corrected chi connectivity index (χ1v) is 9.76. The Morgan fingerprint density at radius 1 is 1.14 bits per heavy atom. The van der Waals surface area contributed by atoms with Crippen LogP contribution in [0.4, 0.5) is 0 Å². The molecule has 6 heteroatoms. The number of nitrogens with one attached hydrogen (secondary N) is 1. The Balaban J connectivity index is 3.67. The number of aliphatic carboxylic acids is 1. The molecule has 0 radical (unpaired) electrons. The standard InChI is InChI=1S/C15H29NO3S2/c1-11(14(18)19)8-6-7-9-16-13(17)12(2)10-20-21-15(3,4)5/h11-12H,6-10H2,1-5H3,(H,16,17)(H,18,19)/t11-,12-/m0/s1. The minimum atomic E-state index is -0.749. The van der Waals surface area contributed by atoms with Gasteiger partial charge in [-0.2, -0.15) is 0 Å². The summed E-state index contributed by atoms with van der Waals surface area (Å²) in [5.74, 6) is -0.151. The molecule has 0 aliphatic heterocycles. The quantitative estimate of drug-likeness (QED) is 0.469. The van der Waals surface area contributed by atoms with Gasteiger partial charge < -0.3 is 10.4 Å². The number of unbranched alkanes of at least 4 members (excludes halogenated alkanes) is 1. The molecule has 0 aliphatic rings. The average molecular weight is 336 g/mol. The van der Waals surface area contributed by atoms with Crippen molar-refractivity contribution in [2.45, 2.75) is 58.6 Å². The number of carbonyl (C=O) groups excluding carboxylic acids is 1. The SMILES string of the molecule is C[C@@H](CCCCNC(=O)[C@@H](C)CSSC(C)(C)C)C(=O)O. The molecule has 0 unspecified atom stereocenters. The minimum absolute atomic E-state index is 0.00259. The highest BCUT2D eigenvalue weighted by molar-refractivity contribution is 8.77. The van der Waals surface area contributed by atoms with Crippen molar-refractivity contribution < 1.29 is 14.7 Å². The van der Waals surface area contributed by atoms with Crippen LogP contribution >= 0.6 is 21.6 Å². The molecule has 0 saturated heterocycles. The van der Waals surface area contributed by atoms with Gasteiger partial charge >= 0.3 is 5.97 Å². The Hall–Kier alpha value is -0.360. The van der Waals surface area contributed by atoms with Crippen molar-refractivity contribution in [3.8, 4) is 0 Å². The van der Waals surface area contributed by atoms with E-state index >= 15 is 0 Å². The molecule has 0 aromatic heterocycles. The topological polar surface area (TPSA) is 66.4 Å². The van der Waals surface area contributed by atoms with E-state index in [2.05, 4.69) is 26.1 Å². The minimum Gasteiger partial charge on any atom is -0.481 e. The summed E-state index contributed by atoms with van der Waals surface area (Å²) in [6, 6.07) is 0. The van der Waals surface area contributed by atoms with Gasteiger partial charge in [-0.25, -0.2) is 0 Å². The zero-order chi connectivity index (χ0) is 16.5. The Labute approximate surface area is 136 Å². The van der Waals surface area contributed by atoms with E-state index in [0.717, 1.165) is 18.6 Å². The molecule has 124 valence electrons. The Kier molecular flexibility index (Phi) is 10.2.